The molecule has 3 heterocycles. The van der Waals surface area contributed by atoms with Crippen molar-refractivity contribution in [1.82, 2.24) is 25.3 Å². The average Bonchev–Trinajstić information content (AvgIpc) is 2.74. The maximum Gasteiger partial charge on any atom is 0.263 e. The molecule has 0 aliphatic carbocycles. The molecule has 1 aliphatic rings. The van der Waals surface area contributed by atoms with Crippen LogP contribution in [0.3, 0.4) is 0 Å². The van der Waals surface area contributed by atoms with E-state index in [-0.39, 0.29) is 12.5 Å². The van der Waals surface area contributed by atoms with Crippen molar-refractivity contribution >= 4 is 40.4 Å². The van der Waals surface area contributed by atoms with Gasteiger partial charge in [-0.3, -0.25) is 4.79 Å². The highest BCUT2D eigenvalue weighted by molar-refractivity contribution is 6.30. The zero-order valence-electron chi connectivity index (χ0n) is 15.9. The molecule has 0 atom stereocenters. The summed E-state index contributed by atoms with van der Waals surface area (Å²) in [6.07, 6.45) is 1.48. The van der Waals surface area contributed by atoms with Crippen LogP contribution < -0.4 is 20.3 Å². The highest BCUT2D eigenvalue weighted by Crippen LogP contribution is 2.18. The lowest BCUT2D eigenvalue weighted by atomic mass is 10.3. The number of benzene rings is 1. The number of hydrogen-bond donors (Lipinski definition) is 2. The molecule has 1 aromatic carbocycles. The Balaban J connectivity index is 1.44. The van der Waals surface area contributed by atoms with Gasteiger partial charge in [0.2, 0.25) is 5.95 Å². The number of rotatable bonds is 5. The Hall–Kier alpha value is -3.04. The molecule has 29 heavy (non-hydrogen) atoms. The number of carbonyl (C=O) groups excluding carboxylic acids is 1. The number of piperazine rings is 1. The van der Waals surface area contributed by atoms with Gasteiger partial charge < -0.3 is 20.3 Å². The van der Waals surface area contributed by atoms with Crippen molar-refractivity contribution < 1.29 is 9.53 Å². The number of halogens is 1. The van der Waals surface area contributed by atoms with Crippen LogP contribution in [0.1, 0.15) is 5.69 Å². The molecule has 1 saturated heterocycles. The summed E-state index contributed by atoms with van der Waals surface area (Å²) in [6, 6.07) is 6.78. The molecule has 2 N–H and O–H groups in total. The van der Waals surface area contributed by atoms with Gasteiger partial charge in [0.05, 0.1) is 11.9 Å². The second-order valence-electron chi connectivity index (χ2n) is 6.56. The summed E-state index contributed by atoms with van der Waals surface area (Å²) in [5.74, 6) is 1.19. The van der Waals surface area contributed by atoms with Gasteiger partial charge in [-0.1, -0.05) is 11.6 Å². The molecular formula is C19H20ClN7O2. The number of fused-ring (bicyclic) bond motifs is 1. The van der Waals surface area contributed by atoms with Gasteiger partial charge in [0.25, 0.3) is 5.91 Å². The SMILES string of the molecule is Cc1nc(N2CCNCC2)nc2ncc(NC(=O)COc3ccc(Cl)cc3)nc12. The third-order valence-corrected chi connectivity index (χ3v) is 4.67. The zero-order valence-corrected chi connectivity index (χ0v) is 16.6. The topological polar surface area (TPSA) is 105 Å². The first-order chi connectivity index (χ1) is 14.1. The zero-order chi connectivity index (χ0) is 20.2. The normalized spacial score (nSPS) is 14.1. The van der Waals surface area contributed by atoms with Crippen LogP contribution in [0.25, 0.3) is 11.2 Å². The van der Waals surface area contributed by atoms with Crippen LogP contribution in [-0.2, 0) is 4.79 Å². The smallest absolute Gasteiger partial charge is 0.263 e. The third kappa shape index (κ3) is 4.69. The Morgan fingerprint density at radius 1 is 1.21 bits per heavy atom. The first-order valence-electron chi connectivity index (χ1n) is 9.24. The molecule has 4 rings (SSSR count). The van der Waals surface area contributed by atoms with Gasteiger partial charge in [-0.2, -0.15) is 4.98 Å². The standard InChI is InChI=1S/C19H20ClN7O2/c1-12-17-18(26-19(23-12)27-8-6-21-7-9-27)22-10-15(25-17)24-16(28)11-29-14-4-2-13(20)3-5-14/h2-5,10,21H,6-9,11H2,1H3,(H,24,25,28). The molecule has 0 bridgehead atoms. The van der Waals surface area contributed by atoms with Crippen molar-refractivity contribution in [2.75, 3.05) is 43.0 Å². The van der Waals surface area contributed by atoms with Gasteiger partial charge in [-0.15, -0.1) is 0 Å². The molecule has 1 amide bonds. The van der Waals surface area contributed by atoms with Crippen molar-refractivity contribution in [3.8, 4) is 5.75 Å². The predicted molar refractivity (Wildman–Crippen MR) is 111 cm³/mol. The van der Waals surface area contributed by atoms with Crippen LogP contribution in [0.5, 0.6) is 5.75 Å². The molecule has 0 unspecified atom stereocenters. The largest absolute Gasteiger partial charge is 0.484 e. The Morgan fingerprint density at radius 2 is 1.97 bits per heavy atom. The minimum atomic E-state index is -0.343. The number of carbonyl (C=O) groups is 1. The van der Waals surface area contributed by atoms with Gasteiger partial charge >= 0.3 is 0 Å². The molecule has 3 aromatic rings. The average molecular weight is 414 g/mol. The Bertz CT molecular complexity index is 1020. The second kappa shape index (κ2) is 8.54. The molecular weight excluding hydrogens is 394 g/mol. The van der Waals surface area contributed by atoms with Crippen LogP contribution in [-0.4, -0.2) is 58.6 Å². The van der Waals surface area contributed by atoms with Crippen LogP contribution >= 0.6 is 11.6 Å². The fraction of sp³-hybridized carbons (Fsp3) is 0.316. The van der Waals surface area contributed by atoms with E-state index < -0.39 is 0 Å². The summed E-state index contributed by atoms with van der Waals surface area (Å²) in [4.78, 5) is 32.2. The van der Waals surface area contributed by atoms with Gasteiger partial charge in [0, 0.05) is 31.2 Å². The fourth-order valence-electron chi connectivity index (χ4n) is 2.96. The summed E-state index contributed by atoms with van der Waals surface area (Å²) in [5.41, 5.74) is 1.77. The van der Waals surface area contributed by atoms with Crippen LogP contribution in [0.15, 0.2) is 30.5 Å². The van der Waals surface area contributed by atoms with E-state index in [4.69, 9.17) is 16.3 Å². The number of aryl methyl sites for hydroxylation is 1. The first-order valence-corrected chi connectivity index (χ1v) is 9.61. The van der Waals surface area contributed by atoms with Gasteiger partial charge in [0.15, 0.2) is 18.1 Å². The molecule has 9 nitrogen and oxygen atoms in total. The van der Waals surface area contributed by atoms with E-state index in [1.54, 1.807) is 24.3 Å². The maximum atomic E-state index is 12.2. The van der Waals surface area contributed by atoms with E-state index in [2.05, 4.69) is 35.5 Å². The van der Waals surface area contributed by atoms with Gasteiger partial charge in [-0.25, -0.2) is 15.0 Å². The number of amides is 1. The lowest BCUT2D eigenvalue weighted by Crippen LogP contribution is -2.44. The van der Waals surface area contributed by atoms with E-state index in [0.29, 0.717) is 39.4 Å². The lowest BCUT2D eigenvalue weighted by molar-refractivity contribution is -0.118. The Morgan fingerprint density at radius 3 is 2.72 bits per heavy atom. The maximum absolute atomic E-state index is 12.2. The Labute approximate surface area is 172 Å². The van der Waals surface area contributed by atoms with Crippen molar-refractivity contribution in [3.63, 3.8) is 0 Å². The van der Waals surface area contributed by atoms with Crippen LogP contribution in [0.2, 0.25) is 5.02 Å². The number of nitrogens with one attached hydrogen (secondary N) is 2. The van der Waals surface area contributed by atoms with Crippen LogP contribution in [0.4, 0.5) is 11.8 Å². The number of hydrogen-bond acceptors (Lipinski definition) is 8. The minimum Gasteiger partial charge on any atom is -0.484 e. The van der Waals surface area contributed by atoms with Gasteiger partial charge in [-0.05, 0) is 31.2 Å². The number of ether oxygens (including phenoxy) is 1. The highest BCUT2D eigenvalue weighted by Gasteiger charge is 2.16. The molecule has 1 aliphatic heterocycles. The van der Waals surface area contributed by atoms with Crippen molar-refractivity contribution in [2.24, 2.45) is 0 Å². The van der Waals surface area contributed by atoms with E-state index in [0.717, 1.165) is 26.2 Å². The van der Waals surface area contributed by atoms with Crippen molar-refractivity contribution in [1.29, 1.82) is 0 Å². The quantitative estimate of drug-likeness (QED) is 0.652. The van der Waals surface area contributed by atoms with E-state index in [1.807, 2.05) is 6.92 Å². The van der Waals surface area contributed by atoms with E-state index in [9.17, 15) is 4.79 Å². The summed E-state index contributed by atoms with van der Waals surface area (Å²) in [7, 11) is 0. The first kappa shape index (κ1) is 19.3. The molecule has 10 heteroatoms. The van der Waals surface area contributed by atoms with Crippen molar-refractivity contribution in [2.45, 2.75) is 6.92 Å². The summed E-state index contributed by atoms with van der Waals surface area (Å²) >= 11 is 5.83. The molecule has 0 spiro atoms. The second-order valence-corrected chi connectivity index (χ2v) is 7.00. The molecule has 0 saturated carbocycles. The molecule has 2 aromatic heterocycles. The summed E-state index contributed by atoms with van der Waals surface area (Å²) in [6.45, 7) is 5.20. The monoisotopic (exact) mass is 413 g/mol. The lowest BCUT2D eigenvalue weighted by Gasteiger charge is -2.27. The molecule has 1 fully saturated rings. The number of anilines is 2. The van der Waals surface area contributed by atoms with Crippen LogP contribution in [0, 0.1) is 6.92 Å². The van der Waals surface area contributed by atoms with Crippen molar-refractivity contribution in [3.05, 3.63) is 41.2 Å². The third-order valence-electron chi connectivity index (χ3n) is 4.42. The van der Waals surface area contributed by atoms with E-state index >= 15 is 0 Å². The highest BCUT2D eigenvalue weighted by atomic mass is 35.5. The predicted octanol–water partition coefficient (Wildman–Crippen LogP) is 1.81. The number of aromatic nitrogens is 4. The fourth-order valence-corrected chi connectivity index (χ4v) is 3.08. The van der Waals surface area contributed by atoms with Gasteiger partial charge in [0.1, 0.15) is 11.3 Å². The molecule has 150 valence electrons. The Kier molecular flexibility index (Phi) is 5.68. The molecule has 0 radical (unpaired) electrons. The summed E-state index contributed by atoms with van der Waals surface area (Å²) in [5, 5.41) is 6.59. The van der Waals surface area contributed by atoms with E-state index in [1.165, 1.54) is 6.20 Å². The summed E-state index contributed by atoms with van der Waals surface area (Å²) < 4.78 is 5.43. The minimum absolute atomic E-state index is 0.154. The number of nitrogens with zero attached hydrogens (tertiary/aromatic N) is 5.